The van der Waals surface area contributed by atoms with E-state index in [0.717, 1.165) is 18.4 Å². The first kappa shape index (κ1) is 12.5. The highest BCUT2D eigenvalue weighted by molar-refractivity contribution is 6.30. The molecule has 0 saturated carbocycles. The molecule has 2 N–H and O–H groups in total. The SMILES string of the molecule is CCCCC[C@@H](N)c1ccc(F)c(Cl)c1. The van der Waals surface area contributed by atoms with Crippen molar-refractivity contribution in [3.05, 3.63) is 34.6 Å². The van der Waals surface area contributed by atoms with Gasteiger partial charge in [0.1, 0.15) is 5.82 Å². The second-order valence-corrected chi connectivity index (χ2v) is 4.18. The molecule has 0 radical (unpaired) electrons. The molecule has 0 unspecified atom stereocenters. The molecule has 84 valence electrons. The molecule has 1 atom stereocenters. The van der Waals surface area contributed by atoms with Crippen LogP contribution in [0.4, 0.5) is 4.39 Å². The van der Waals surface area contributed by atoms with E-state index in [-0.39, 0.29) is 16.9 Å². The molecule has 0 bridgehead atoms. The Bertz CT molecular complexity index is 314. The van der Waals surface area contributed by atoms with E-state index in [4.69, 9.17) is 17.3 Å². The van der Waals surface area contributed by atoms with Gasteiger partial charge in [-0.1, -0.05) is 43.9 Å². The highest BCUT2D eigenvalue weighted by Crippen LogP contribution is 2.22. The minimum absolute atomic E-state index is 0.0327. The molecule has 0 aliphatic rings. The smallest absolute Gasteiger partial charge is 0.141 e. The summed E-state index contributed by atoms with van der Waals surface area (Å²) in [6.45, 7) is 2.15. The lowest BCUT2D eigenvalue weighted by Gasteiger charge is -2.12. The van der Waals surface area contributed by atoms with Gasteiger partial charge in [0.2, 0.25) is 0 Å². The summed E-state index contributed by atoms with van der Waals surface area (Å²) in [7, 11) is 0. The van der Waals surface area contributed by atoms with Gasteiger partial charge in [-0.05, 0) is 24.1 Å². The quantitative estimate of drug-likeness (QED) is 0.758. The van der Waals surface area contributed by atoms with Crippen LogP contribution in [0.3, 0.4) is 0 Å². The van der Waals surface area contributed by atoms with Crippen LogP contribution in [-0.4, -0.2) is 0 Å². The van der Waals surface area contributed by atoms with Crippen molar-refractivity contribution < 1.29 is 4.39 Å². The third-order valence-corrected chi connectivity index (χ3v) is 2.78. The summed E-state index contributed by atoms with van der Waals surface area (Å²) in [5.74, 6) is -0.388. The topological polar surface area (TPSA) is 26.0 Å². The van der Waals surface area contributed by atoms with Crippen LogP contribution < -0.4 is 5.73 Å². The Hall–Kier alpha value is -0.600. The fourth-order valence-electron chi connectivity index (χ4n) is 1.52. The van der Waals surface area contributed by atoms with Gasteiger partial charge in [0.25, 0.3) is 0 Å². The van der Waals surface area contributed by atoms with E-state index >= 15 is 0 Å². The number of benzene rings is 1. The van der Waals surface area contributed by atoms with Crippen LogP contribution in [0.2, 0.25) is 5.02 Å². The predicted molar refractivity (Wildman–Crippen MR) is 62.5 cm³/mol. The summed E-state index contributed by atoms with van der Waals surface area (Å²) in [4.78, 5) is 0. The van der Waals surface area contributed by atoms with Crippen LogP contribution in [0.1, 0.15) is 44.2 Å². The molecular weight excluding hydrogens is 213 g/mol. The Kier molecular flexibility index (Phi) is 5.06. The standard InChI is InChI=1S/C12H17ClFN/c1-2-3-4-5-12(15)9-6-7-11(14)10(13)8-9/h6-8,12H,2-5,15H2,1H3/t12-/m1/s1. The zero-order valence-electron chi connectivity index (χ0n) is 8.97. The summed E-state index contributed by atoms with van der Waals surface area (Å²) in [6, 6.07) is 4.66. The fourth-order valence-corrected chi connectivity index (χ4v) is 1.71. The number of hydrogen-bond donors (Lipinski definition) is 1. The molecular formula is C12H17ClFN. The largest absolute Gasteiger partial charge is 0.324 e. The van der Waals surface area contributed by atoms with Gasteiger partial charge in [-0.15, -0.1) is 0 Å². The van der Waals surface area contributed by atoms with Gasteiger partial charge >= 0.3 is 0 Å². The normalized spacial score (nSPS) is 12.8. The van der Waals surface area contributed by atoms with Gasteiger partial charge in [0.15, 0.2) is 0 Å². The van der Waals surface area contributed by atoms with Crippen LogP contribution >= 0.6 is 11.6 Å². The van der Waals surface area contributed by atoms with Gasteiger partial charge in [-0.2, -0.15) is 0 Å². The Morgan fingerprint density at radius 1 is 1.40 bits per heavy atom. The summed E-state index contributed by atoms with van der Waals surface area (Å²) in [5.41, 5.74) is 6.89. The Labute approximate surface area is 95.4 Å². The Balaban J connectivity index is 2.57. The monoisotopic (exact) mass is 229 g/mol. The molecule has 1 aromatic carbocycles. The fraction of sp³-hybridized carbons (Fsp3) is 0.500. The lowest BCUT2D eigenvalue weighted by Crippen LogP contribution is -2.10. The highest BCUT2D eigenvalue weighted by atomic mass is 35.5. The van der Waals surface area contributed by atoms with Crippen molar-refractivity contribution in [1.82, 2.24) is 0 Å². The second-order valence-electron chi connectivity index (χ2n) is 3.78. The van der Waals surface area contributed by atoms with Crippen LogP contribution in [0.5, 0.6) is 0 Å². The maximum absolute atomic E-state index is 12.9. The van der Waals surface area contributed by atoms with E-state index < -0.39 is 0 Å². The van der Waals surface area contributed by atoms with Crippen molar-refractivity contribution >= 4 is 11.6 Å². The summed E-state index contributed by atoms with van der Waals surface area (Å²) in [5, 5.41) is 0.151. The van der Waals surface area contributed by atoms with Gasteiger partial charge in [-0.3, -0.25) is 0 Å². The average Bonchev–Trinajstić information content (AvgIpc) is 2.22. The molecule has 3 heteroatoms. The lowest BCUT2D eigenvalue weighted by atomic mass is 10.0. The molecule has 0 amide bonds. The van der Waals surface area contributed by atoms with Gasteiger partial charge < -0.3 is 5.73 Å². The zero-order chi connectivity index (χ0) is 11.3. The van der Waals surface area contributed by atoms with E-state index in [9.17, 15) is 4.39 Å². The lowest BCUT2D eigenvalue weighted by molar-refractivity contribution is 0.578. The van der Waals surface area contributed by atoms with E-state index in [1.165, 1.54) is 18.9 Å². The third kappa shape index (κ3) is 3.80. The van der Waals surface area contributed by atoms with Crippen LogP contribution in [0.25, 0.3) is 0 Å². The van der Waals surface area contributed by atoms with Crippen molar-refractivity contribution in [2.75, 3.05) is 0 Å². The van der Waals surface area contributed by atoms with Crippen LogP contribution in [0, 0.1) is 5.82 Å². The summed E-state index contributed by atoms with van der Waals surface area (Å²) in [6.07, 6.45) is 4.39. The van der Waals surface area contributed by atoms with Gasteiger partial charge in [0.05, 0.1) is 5.02 Å². The van der Waals surface area contributed by atoms with Crippen LogP contribution in [-0.2, 0) is 0 Å². The molecule has 1 nitrogen and oxygen atoms in total. The maximum Gasteiger partial charge on any atom is 0.141 e. The molecule has 0 fully saturated rings. The van der Waals surface area contributed by atoms with E-state index in [2.05, 4.69) is 6.92 Å². The second kappa shape index (κ2) is 6.09. The third-order valence-electron chi connectivity index (χ3n) is 2.49. The van der Waals surface area contributed by atoms with Crippen molar-refractivity contribution in [3.63, 3.8) is 0 Å². The molecule has 0 aliphatic carbocycles. The first-order valence-corrected chi connectivity index (χ1v) is 5.73. The van der Waals surface area contributed by atoms with Crippen molar-refractivity contribution in [2.24, 2.45) is 5.73 Å². The summed E-state index contributed by atoms with van der Waals surface area (Å²) >= 11 is 5.69. The van der Waals surface area contributed by atoms with Crippen molar-refractivity contribution in [3.8, 4) is 0 Å². The van der Waals surface area contributed by atoms with Gasteiger partial charge in [-0.25, -0.2) is 4.39 Å². The maximum atomic E-state index is 12.9. The number of unbranched alkanes of at least 4 members (excludes halogenated alkanes) is 2. The Morgan fingerprint density at radius 2 is 2.13 bits per heavy atom. The minimum Gasteiger partial charge on any atom is -0.324 e. The first-order valence-electron chi connectivity index (χ1n) is 5.35. The zero-order valence-corrected chi connectivity index (χ0v) is 9.73. The number of halogens is 2. The summed E-state index contributed by atoms with van der Waals surface area (Å²) < 4.78 is 12.9. The molecule has 0 saturated heterocycles. The van der Waals surface area contributed by atoms with E-state index in [0.29, 0.717) is 0 Å². The molecule has 0 heterocycles. The number of nitrogens with two attached hydrogens (primary N) is 1. The number of rotatable bonds is 5. The molecule has 0 spiro atoms. The highest BCUT2D eigenvalue weighted by Gasteiger charge is 2.08. The van der Waals surface area contributed by atoms with Gasteiger partial charge in [0, 0.05) is 6.04 Å². The van der Waals surface area contributed by atoms with Crippen molar-refractivity contribution in [2.45, 2.75) is 38.6 Å². The molecule has 15 heavy (non-hydrogen) atoms. The average molecular weight is 230 g/mol. The Morgan fingerprint density at radius 3 is 2.73 bits per heavy atom. The first-order chi connectivity index (χ1) is 7.15. The van der Waals surface area contributed by atoms with Crippen LogP contribution in [0.15, 0.2) is 18.2 Å². The molecule has 1 aromatic rings. The predicted octanol–water partition coefficient (Wildman–Crippen LogP) is 4.06. The van der Waals surface area contributed by atoms with E-state index in [1.807, 2.05) is 0 Å². The van der Waals surface area contributed by atoms with E-state index in [1.54, 1.807) is 12.1 Å². The molecule has 0 aromatic heterocycles. The van der Waals surface area contributed by atoms with Crippen molar-refractivity contribution in [1.29, 1.82) is 0 Å². The minimum atomic E-state index is -0.388. The molecule has 1 rings (SSSR count). The molecule has 0 aliphatic heterocycles. The number of hydrogen-bond acceptors (Lipinski definition) is 1.